The lowest BCUT2D eigenvalue weighted by atomic mass is 9.97. The van der Waals surface area contributed by atoms with Crippen molar-refractivity contribution in [3.63, 3.8) is 0 Å². The molecule has 4 nitrogen and oxygen atoms in total. The third-order valence-electron chi connectivity index (χ3n) is 4.47. The third kappa shape index (κ3) is 8.64. The van der Waals surface area contributed by atoms with Gasteiger partial charge >= 0.3 is 0 Å². The summed E-state index contributed by atoms with van der Waals surface area (Å²) in [6.45, 7) is 8.96. The van der Waals surface area contributed by atoms with Crippen molar-refractivity contribution in [3.05, 3.63) is 30.3 Å². The van der Waals surface area contributed by atoms with E-state index in [4.69, 9.17) is 0 Å². The van der Waals surface area contributed by atoms with Crippen LogP contribution in [0, 0.1) is 5.92 Å². The zero-order valence-electron chi connectivity index (χ0n) is 15.7. The van der Waals surface area contributed by atoms with Gasteiger partial charge in [0, 0.05) is 43.4 Å². The van der Waals surface area contributed by atoms with Crippen LogP contribution in [0.3, 0.4) is 0 Å². The first-order valence-electron chi connectivity index (χ1n) is 9.05. The zero-order chi connectivity index (χ0) is 17.2. The molecule has 1 saturated heterocycles. The lowest BCUT2D eigenvalue weighted by molar-refractivity contribution is 0.141. The Labute approximate surface area is 174 Å². The van der Waals surface area contributed by atoms with Gasteiger partial charge in [-0.25, -0.2) is 0 Å². The Kier molecular flexibility index (Phi) is 11.6. The molecule has 0 amide bonds. The smallest absolute Gasteiger partial charge is 0.191 e. The summed E-state index contributed by atoms with van der Waals surface area (Å²) in [5.74, 6) is 2.68. The predicted octanol–water partition coefficient (Wildman–Crippen LogP) is 3.68. The van der Waals surface area contributed by atoms with E-state index in [1.807, 2.05) is 18.8 Å². The Bertz CT molecular complexity index is 495. The second-order valence-corrected chi connectivity index (χ2v) is 7.81. The summed E-state index contributed by atoms with van der Waals surface area (Å²) in [6, 6.07) is 11.2. The number of likely N-dealkylation sites (tertiary alicyclic amines) is 1. The van der Waals surface area contributed by atoms with Gasteiger partial charge in [0.25, 0.3) is 0 Å². The third-order valence-corrected chi connectivity index (χ3v) is 5.48. The fourth-order valence-electron chi connectivity index (χ4n) is 3.05. The molecule has 6 heteroatoms. The van der Waals surface area contributed by atoms with Crippen LogP contribution in [0.2, 0.25) is 0 Å². The summed E-state index contributed by atoms with van der Waals surface area (Å²) in [7, 11) is 1.85. The zero-order valence-corrected chi connectivity index (χ0v) is 18.8. The number of nitrogens with zero attached hydrogens (tertiary/aromatic N) is 2. The highest BCUT2D eigenvalue weighted by atomic mass is 127. The van der Waals surface area contributed by atoms with Crippen LogP contribution in [0.25, 0.3) is 0 Å². The topological polar surface area (TPSA) is 39.7 Å². The van der Waals surface area contributed by atoms with Gasteiger partial charge in [0.1, 0.15) is 0 Å². The van der Waals surface area contributed by atoms with E-state index in [1.54, 1.807) is 0 Å². The fraction of sp³-hybridized carbons (Fsp3) is 0.632. The average Bonchev–Trinajstić information content (AvgIpc) is 2.62. The number of guanidine groups is 1. The number of halogens is 1. The summed E-state index contributed by atoms with van der Waals surface area (Å²) in [4.78, 5) is 8.25. The minimum atomic E-state index is 0. The molecule has 0 radical (unpaired) electrons. The SMILES string of the molecule is CN=C(NCCSc1ccccc1)NCC1CCCN(C(C)C)C1.I. The quantitative estimate of drug-likeness (QED) is 0.207. The van der Waals surface area contributed by atoms with Crippen LogP contribution in [-0.2, 0) is 0 Å². The molecule has 2 N–H and O–H groups in total. The summed E-state index contributed by atoms with van der Waals surface area (Å²) in [5.41, 5.74) is 0. The molecule has 1 aliphatic heterocycles. The number of nitrogens with one attached hydrogen (secondary N) is 2. The van der Waals surface area contributed by atoms with Crippen LogP contribution in [0.1, 0.15) is 26.7 Å². The first-order valence-corrected chi connectivity index (χ1v) is 10.0. The van der Waals surface area contributed by atoms with E-state index in [1.165, 1.54) is 30.8 Å². The van der Waals surface area contributed by atoms with Crippen LogP contribution >= 0.6 is 35.7 Å². The Morgan fingerprint density at radius 1 is 1.28 bits per heavy atom. The first kappa shape index (κ1) is 22.6. The number of piperidine rings is 1. The van der Waals surface area contributed by atoms with Gasteiger partial charge in [-0.05, 0) is 51.3 Å². The van der Waals surface area contributed by atoms with E-state index in [-0.39, 0.29) is 24.0 Å². The first-order chi connectivity index (χ1) is 11.7. The van der Waals surface area contributed by atoms with Crippen LogP contribution in [0.15, 0.2) is 40.2 Å². The second kappa shape index (κ2) is 12.8. The Balaban J connectivity index is 0.00000312. The molecule has 0 bridgehead atoms. The fourth-order valence-corrected chi connectivity index (χ4v) is 3.84. The van der Waals surface area contributed by atoms with Crippen LogP contribution in [0.4, 0.5) is 0 Å². The Morgan fingerprint density at radius 2 is 2.04 bits per heavy atom. The van der Waals surface area contributed by atoms with Crippen LogP contribution < -0.4 is 10.6 Å². The normalized spacial score (nSPS) is 18.7. The highest BCUT2D eigenvalue weighted by Gasteiger charge is 2.21. The van der Waals surface area contributed by atoms with Crippen molar-refractivity contribution in [1.82, 2.24) is 15.5 Å². The largest absolute Gasteiger partial charge is 0.356 e. The minimum Gasteiger partial charge on any atom is -0.356 e. The van der Waals surface area contributed by atoms with E-state index in [9.17, 15) is 0 Å². The molecule has 1 aromatic rings. The van der Waals surface area contributed by atoms with E-state index in [2.05, 4.69) is 64.7 Å². The number of hydrogen-bond acceptors (Lipinski definition) is 3. The van der Waals surface area contributed by atoms with Crippen molar-refractivity contribution in [2.75, 3.05) is 39.0 Å². The van der Waals surface area contributed by atoms with E-state index < -0.39 is 0 Å². The van der Waals surface area contributed by atoms with Crippen molar-refractivity contribution >= 4 is 41.7 Å². The lowest BCUT2D eigenvalue weighted by Crippen LogP contribution is -2.46. The van der Waals surface area contributed by atoms with Gasteiger partial charge < -0.3 is 15.5 Å². The Hall–Kier alpha value is -0.470. The number of aliphatic imine (C=N–C) groups is 1. The molecule has 1 heterocycles. The maximum atomic E-state index is 4.34. The number of hydrogen-bond donors (Lipinski definition) is 2. The molecule has 1 unspecified atom stereocenters. The molecule has 1 aliphatic rings. The van der Waals surface area contributed by atoms with Crippen molar-refractivity contribution in [1.29, 1.82) is 0 Å². The molecule has 25 heavy (non-hydrogen) atoms. The molecule has 1 fully saturated rings. The lowest BCUT2D eigenvalue weighted by Gasteiger charge is -2.35. The number of rotatable bonds is 7. The monoisotopic (exact) mass is 476 g/mol. The van der Waals surface area contributed by atoms with Crippen molar-refractivity contribution < 1.29 is 0 Å². The molecular weight excluding hydrogens is 443 g/mol. The van der Waals surface area contributed by atoms with Crippen molar-refractivity contribution in [3.8, 4) is 0 Å². The minimum absolute atomic E-state index is 0. The molecule has 1 aromatic carbocycles. The molecule has 1 atom stereocenters. The van der Waals surface area contributed by atoms with Gasteiger partial charge in [-0.1, -0.05) is 18.2 Å². The van der Waals surface area contributed by atoms with E-state index >= 15 is 0 Å². The highest BCUT2D eigenvalue weighted by Crippen LogP contribution is 2.18. The molecule has 0 aliphatic carbocycles. The Morgan fingerprint density at radius 3 is 2.72 bits per heavy atom. The van der Waals surface area contributed by atoms with E-state index in [0.29, 0.717) is 6.04 Å². The molecule has 0 spiro atoms. The summed E-state index contributed by atoms with van der Waals surface area (Å²) < 4.78 is 0. The average molecular weight is 476 g/mol. The standard InChI is InChI=1S/C19H32N4S.HI/c1-16(2)23-12-7-8-17(15-23)14-22-19(20-3)21-11-13-24-18-9-5-4-6-10-18;/h4-6,9-10,16-17H,7-8,11-15H2,1-3H3,(H2,20,21,22);1H. The molecule has 2 rings (SSSR count). The summed E-state index contributed by atoms with van der Waals surface area (Å²) in [6.07, 6.45) is 2.63. The van der Waals surface area contributed by atoms with Crippen molar-refractivity contribution in [2.24, 2.45) is 10.9 Å². The van der Waals surface area contributed by atoms with Gasteiger partial charge in [0.05, 0.1) is 0 Å². The van der Waals surface area contributed by atoms with Gasteiger partial charge in [-0.15, -0.1) is 35.7 Å². The van der Waals surface area contributed by atoms with Crippen LogP contribution in [-0.4, -0.2) is 55.9 Å². The van der Waals surface area contributed by atoms with Gasteiger partial charge in [0.2, 0.25) is 0 Å². The summed E-state index contributed by atoms with van der Waals surface area (Å²) in [5, 5.41) is 6.92. The van der Waals surface area contributed by atoms with Crippen molar-refractivity contribution in [2.45, 2.75) is 37.6 Å². The maximum Gasteiger partial charge on any atom is 0.191 e. The highest BCUT2D eigenvalue weighted by molar-refractivity contribution is 14.0. The second-order valence-electron chi connectivity index (χ2n) is 6.64. The maximum absolute atomic E-state index is 4.34. The molecule has 0 aromatic heterocycles. The summed E-state index contributed by atoms with van der Waals surface area (Å²) >= 11 is 1.87. The number of benzene rings is 1. The van der Waals surface area contributed by atoms with E-state index in [0.717, 1.165) is 30.7 Å². The molecule has 0 saturated carbocycles. The van der Waals surface area contributed by atoms with Gasteiger partial charge in [-0.2, -0.15) is 0 Å². The number of thioether (sulfide) groups is 1. The van der Waals surface area contributed by atoms with Gasteiger partial charge in [-0.3, -0.25) is 4.99 Å². The van der Waals surface area contributed by atoms with Gasteiger partial charge in [0.15, 0.2) is 5.96 Å². The molecule has 142 valence electrons. The van der Waals surface area contributed by atoms with Crippen LogP contribution in [0.5, 0.6) is 0 Å². The predicted molar refractivity (Wildman–Crippen MR) is 121 cm³/mol. The molecular formula is C19H33IN4S.